The molecule has 3 heterocycles. The van der Waals surface area contributed by atoms with Crippen LogP contribution in [0.1, 0.15) is 70.6 Å². The number of hydrogen-bond acceptors (Lipinski definition) is 2. The summed E-state index contributed by atoms with van der Waals surface area (Å²) in [7, 11) is 2.07. The maximum Gasteiger partial charge on any atom is 0.222 e. The molecule has 3 fully saturated rings. The summed E-state index contributed by atoms with van der Waals surface area (Å²) in [4.78, 5) is 18.1. The molecule has 156 valence electrons. The van der Waals surface area contributed by atoms with Crippen LogP contribution in [0.5, 0.6) is 0 Å². The first-order valence-electron chi connectivity index (χ1n) is 11.7. The summed E-state index contributed by atoms with van der Waals surface area (Å²) < 4.78 is 2.29. The highest BCUT2D eigenvalue weighted by Gasteiger charge is 2.37. The predicted octanol–water partition coefficient (Wildman–Crippen LogP) is 4.55. The van der Waals surface area contributed by atoms with Crippen molar-refractivity contribution < 1.29 is 4.79 Å². The third kappa shape index (κ3) is 4.64. The number of carbonyl (C=O) groups excluding carboxylic acids is 1. The number of nitrogens with zero attached hydrogens (tertiary/aromatic N) is 3. The molecule has 28 heavy (non-hydrogen) atoms. The van der Waals surface area contributed by atoms with Gasteiger partial charge >= 0.3 is 0 Å². The van der Waals surface area contributed by atoms with Crippen molar-refractivity contribution in [2.75, 3.05) is 26.7 Å². The van der Waals surface area contributed by atoms with E-state index in [0.717, 1.165) is 25.6 Å². The first-order chi connectivity index (χ1) is 13.7. The van der Waals surface area contributed by atoms with Gasteiger partial charge in [-0.1, -0.05) is 25.7 Å². The third-order valence-corrected chi connectivity index (χ3v) is 7.79. The van der Waals surface area contributed by atoms with Crippen molar-refractivity contribution in [1.29, 1.82) is 0 Å². The molecule has 2 aliphatic heterocycles. The Balaban J connectivity index is 1.38. The number of piperidine rings is 2. The third-order valence-electron chi connectivity index (χ3n) is 7.79. The van der Waals surface area contributed by atoms with Crippen molar-refractivity contribution in [3.05, 3.63) is 24.5 Å². The Bertz CT molecular complexity index is 618. The summed E-state index contributed by atoms with van der Waals surface area (Å²) in [5.74, 6) is 1.05. The molecule has 1 amide bonds. The molecule has 3 aliphatic rings. The van der Waals surface area contributed by atoms with Crippen molar-refractivity contribution in [3.63, 3.8) is 0 Å². The Morgan fingerprint density at radius 1 is 1.00 bits per heavy atom. The minimum Gasteiger partial charge on any atom is -0.354 e. The Hall–Kier alpha value is -1.29. The van der Waals surface area contributed by atoms with Crippen molar-refractivity contribution in [2.24, 2.45) is 11.3 Å². The number of fused-ring (bicyclic) bond motifs is 1. The molecule has 0 N–H and O–H groups in total. The van der Waals surface area contributed by atoms with E-state index in [9.17, 15) is 4.79 Å². The maximum atomic E-state index is 13.3. The van der Waals surface area contributed by atoms with E-state index in [-0.39, 0.29) is 5.41 Å². The van der Waals surface area contributed by atoms with Gasteiger partial charge in [-0.2, -0.15) is 0 Å². The first-order valence-corrected chi connectivity index (χ1v) is 11.7. The van der Waals surface area contributed by atoms with E-state index in [2.05, 4.69) is 45.9 Å². The highest BCUT2D eigenvalue weighted by atomic mass is 16.2. The predicted molar refractivity (Wildman–Crippen MR) is 114 cm³/mol. The normalized spacial score (nSPS) is 27.9. The second-order valence-electron chi connectivity index (χ2n) is 9.87. The van der Waals surface area contributed by atoms with Crippen LogP contribution in [-0.2, 0) is 11.3 Å². The molecule has 1 aliphatic carbocycles. The maximum absolute atomic E-state index is 13.3. The lowest BCUT2D eigenvalue weighted by molar-refractivity contribution is -0.134. The Morgan fingerprint density at radius 2 is 1.75 bits per heavy atom. The van der Waals surface area contributed by atoms with Gasteiger partial charge in [-0.3, -0.25) is 4.79 Å². The van der Waals surface area contributed by atoms with E-state index in [4.69, 9.17) is 0 Å². The molecule has 4 rings (SSSR count). The summed E-state index contributed by atoms with van der Waals surface area (Å²) in [6.45, 7) is 4.51. The second-order valence-corrected chi connectivity index (χ2v) is 9.87. The zero-order valence-corrected chi connectivity index (χ0v) is 17.8. The van der Waals surface area contributed by atoms with Gasteiger partial charge in [-0.25, -0.2) is 0 Å². The van der Waals surface area contributed by atoms with E-state index in [0.29, 0.717) is 11.8 Å². The molecule has 0 radical (unpaired) electrons. The van der Waals surface area contributed by atoms with Crippen LogP contribution in [0.25, 0.3) is 0 Å². The SMILES string of the molecule is CN(C[C@@H]1CCCN2CCCC[C@H]12)C(=O)CC1(Cn2cccc2)CCCCC1. The summed E-state index contributed by atoms with van der Waals surface area (Å²) in [6.07, 6.45) is 18.0. The largest absolute Gasteiger partial charge is 0.354 e. The molecule has 1 aromatic rings. The lowest BCUT2D eigenvalue weighted by Crippen LogP contribution is -2.51. The highest BCUT2D eigenvalue weighted by Crippen LogP contribution is 2.41. The molecule has 0 bridgehead atoms. The van der Waals surface area contributed by atoms with E-state index < -0.39 is 0 Å². The standard InChI is InChI=1S/C24H39N3O/c1-25(19-21-10-9-17-27-16-6-3-11-22(21)27)23(28)18-24(12-4-2-5-13-24)20-26-14-7-8-15-26/h7-8,14-15,21-22H,2-6,9-13,16-20H2,1H3/t21-,22+/m0/s1. The quantitative estimate of drug-likeness (QED) is 0.719. The van der Waals surface area contributed by atoms with Crippen LogP contribution in [0, 0.1) is 11.3 Å². The molecule has 0 unspecified atom stereocenters. The molecule has 4 heteroatoms. The Labute approximate surface area is 171 Å². The average molecular weight is 386 g/mol. The van der Waals surface area contributed by atoms with Crippen LogP contribution in [0.15, 0.2) is 24.5 Å². The smallest absolute Gasteiger partial charge is 0.222 e. The van der Waals surface area contributed by atoms with Crippen LogP contribution in [0.3, 0.4) is 0 Å². The minimum absolute atomic E-state index is 0.159. The lowest BCUT2D eigenvalue weighted by Gasteiger charge is -2.45. The van der Waals surface area contributed by atoms with Crippen LogP contribution < -0.4 is 0 Å². The van der Waals surface area contributed by atoms with Crippen LogP contribution in [-0.4, -0.2) is 53.0 Å². The number of aromatic nitrogens is 1. The first kappa shape index (κ1) is 20.0. The highest BCUT2D eigenvalue weighted by molar-refractivity contribution is 5.76. The molecular formula is C24H39N3O. The number of hydrogen-bond donors (Lipinski definition) is 0. The summed E-state index contributed by atoms with van der Waals surface area (Å²) in [5.41, 5.74) is 0.159. The van der Waals surface area contributed by atoms with Gasteiger partial charge in [-0.05, 0) is 75.1 Å². The van der Waals surface area contributed by atoms with Gasteiger partial charge in [0.25, 0.3) is 0 Å². The van der Waals surface area contributed by atoms with Gasteiger partial charge in [-0.15, -0.1) is 0 Å². The summed E-state index contributed by atoms with van der Waals surface area (Å²) in [6, 6.07) is 4.92. The zero-order valence-electron chi connectivity index (χ0n) is 17.8. The number of carbonyl (C=O) groups is 1. The molecule has 4 nitrogen and oxygen atoms in total. The van der Waals surface area contributed by atoms with E-state index in [1.165, 1.54) is 77.3 Å². The topological polar surface area (TPSA) is 28.5 Å². The second kappa shape index (κ2) is 9.02. The van der Waals surface area contributed by atoms with Crippen molar-refractivity contribution >= 4 is 5.91 Å². The fourth-order valence-corrected chi connectivity index (χ4v) is 6.25. The lowest BCUT2D eigenvalue weighted by atomic mass is 9.71. The Kier molecular flexibility index (Phi) is 6.45. The average Bonchev–Trinajstić information content (AvgIpc) is 3.21. The van der Waals surface area contributed by atoms with E-state index in [1.54, 1.807) is 0 Å². The minimum atomic E-state index is 0.159. The zero-order chi connectivity index (χ0) is 19.4. The van der Waals surface area contributed by atoms with E-state index >= 15 is 0 Å². The van der Waals surface area contributed by atoms with Gasteiger partial charge in [0, 0.05) is 45.0 Å². The summed E-state index contributed by atoms with van der Waals surface area (Å²) >= 11 is 0. The van der Waals surface area contributed by atoms with Crippen molar-refractivity contribution in [2.45, 2.75) is 83.2 Å². The molecular weight excluding hydrogens is 346 g/mol. The Morgan fingerprint density at radius 3 is 2.54 bits per heavy atom. The molecule has 2 atom stereocenters. The molecule has 0 aromatic carbocycles. The molecule has 0 spiro atoms. The van der Waals surface area contributed by atoms with E-state index in [1.807, 2.05) is 0 Å². The fraction of sp³-hybridized carbons (Fsp3) is 0.792. The van der Waals surface area contributed by atoms with Gasteiger partial charge in [0.2, 0.25) is 5.91 Å². The fourth-order valence-electron chi connectivity index (χ4n) is 6.25. The molecule has 1 aromatic heterocycles. The van der Waals surface area contributed by atoms with Crippen LogP contribution >= 0.6 is 0 Å². The number of amides is 1. The van der Waals surface area contributed by atoms with Gasteiger partial charge in [0.1, 0.15) is 0 Å². The molecule has 2 saturated heterocycles. The van der Waals surface area contributed by atoms with Gasteiger partial charge < -0.3 is 14.4 Å². The number of rotatable bonds is 6. The monoisotopic (exact) mass is 385 g/mol. The van der Waals surface area contributed by atoms with Crippen molar-refractivity contribution in [1.82, 2.24) is 14.4 Å². The molecule has 1 saturated carbocycles. The van der Waals surface area contributed by atoms with Gasteiger partial charge in [0.05, 0.1) is 0 Å². The summed E-state index contributed by atoms with van der Waals surface area (Å²) in [5, 5.41) is 0. The van der Waals surface area contributed by atoms with Gasteiger partial charge in [0.15, 0.2) is 0 Å². The van der Waals surface area contributed by atoms with Crippen molar-refractivity contribution in [3.8, 4) is 0 Å². The van der Waals surface area contributed by atoms with Crippen LogP contribution in [0.2, 0.25) is 0 Å². The van der Waals surface area contributed by atoms with Crippen LogP contribution in [0.4, 0.5) is 0 Å².